The molecule has 1 aromatic carbocycles. The van der Waals surface area contributed by atoms with Crippen molar-refractivity contribution >= 4 is 23.2 Å². The summed E-state index contributed by atoms with van der Waals surface area (Å²) in [5.74, 6) is 0.0108. The van der Waals surface area contributed by atoms with Gasteiger partial charge in [-0.3, -0.25) is 9.59 Å². The third-order valence-electron chi connectivity index (χ3n) is 4.19. The van der Waals surface area contributed by atoms with Gasteiger partial charge in [-0.15, -0.1) is 0 Å². The molecule has 5 nitrogen and oxygen atoms in total. The second-order valence-electron chi connectivity index (χ2n) is 6.04. The van der Waals surface area contributed by atoms with Crippen LogP contribution in [0.15, 0.2) is 18.2 Å². The minimum absolute atomic E-state index is 0.00385. The van der Waals surface area contributed by atoms with E-state index in [2.05, 4.69) is 10.6 Å². The van der Waals surface area contributed by atoms with E-state index >= 15 is 0 Å². The quantitative estimate of drug-likeness (QED) is 0.782. The second-order valence-corrected chi connectivity index (χ2v) is 6.04. The normalized spacial score (nSPS) is 20.7. The molecule has 1 aliphatic rings. The van der Waals surface area contributed by atoms with Gasteiger partial charge in [-0.05, 0) is 50.3 Å². The van der Waals surface area contributed by atoms with Crippen molar-refractivity contribution in [2.75, 3.05) is 10.6 Å². The van der Waals surface area contributed by atoms with E-state index in [1.165, 1.54) is 0 Å². The lowest BCUT2D eigenvalue weighted by atomic mass is 10.1. The maximum atomic E-state index is 12.3. The van der Waals surface area contributed by atoms with Crippen molar-refractivity contribution in [1.29, 1.82) is 0 Å². The molecule has 2 atom stereocenters. The maximum absolute atomic E-state index is 12.3. The smallest absolute Gasteiger partial charge is 0.227 e. The number of rotatable bonds is 5. The van der Waals surface area contributed by atoms with Crippen LogP contribution < -0.4 is 16.4 Å². The lowest BCUT2D eigenvalue weighted by Gasteiger charge is -2.15. The molecule has 22 heavy (non-hydrogen) atoms. The van der Waals surface area contributed by atoms with Gasteiger partial charge in [0, 0.05) is 29.8 Å². The summed E-state index contributed by atoms with van der Waals surface area (Å²) in [7, 11) is 0. The van der Waals surface area contributed by atoms with Gasteiger partial charge in [-0.2, -0.15) is 0 Å². The standard InChI is InChI=1S/C17H25N3O2/c1-3-5-16(21)19-14-6-4-7-15(11(14)2)20-17(22)12-8-9-13(18)10-12/h4,6-7,12-13H,3,5,8-10,18H2,1-2H3,(H,19,21)(H,20,22). The van der Waals surface area contributed by atoms with Crippen LogP contribution in [0, 0.1) is 12.8 Å². The first-order valence-electron chi connectivity index (χ1n) is 7.97. The number of carbonyl (C=O) groups excluding carboxylic acids is 2. The fraction of sp³-hybridized carbons (Fsp3) is 0.529. The van der Waals surface area contributed by atoms with Gasteiger partial charge in [0.2, 0.25) is 11.8 Å². The average molecular weight is 303 g/mol. The Bertz CT molecular complexity index is 557. The van der Waals surface area contributed by atoms with Crippen LogP contribution in [-0.4, -0.2) is 17.9 Å². The summed E-state index contributed by atoms with van der Waals surface area (Å²) in [5.41, 5.74) is 8.24. The highest BCUT2D eigenvalue weighted by Gasteiger charge is 2.28. The molecule has 120 valence electrons. The molecule has 0 bridgehead atoms. The van der Waals surface area contributed by atoms with Gasteiger partial charge in [0.05, 0.1) is 0 Å². The van der Waals surface area contributed by atoms with E-state index in [9.17, 15) is 9.59 Å². The van der Waals surface area contributed by atoms with Gasteiger partial charge >= 0.3 is 0 Å². The number of hydrogen-bond acceptors (Lipinski definition) is 3. The van der Waals surface area contributed by atoms with Gasteiger partial charge in [0.15, 0.2) is 0 Å². The van der Waals surface area contributed by atoms with E-state index in [-0.39, 0.29) is 23.8 Å². The highest BCUT2D eigenvalue weighted by Crippen LogP contribution is 2.28. The summed E-state index contributed by atoms with van der Waals surface area (Å²) in [6.45, 7) is 3.87. The first-order valence-corrected chi connectivity index (χ1v) is 7.97. The van der Waals surface area contributed by atoms with Crippen molar-refractivity contribution in [2.45, 2.75) is 52.0 Å². The molecule has 1 fully saturated rings. The average Bonchev–Trinajstić information content (AvgIpc) is 2.90. The van der Waals surface area contributed by atoms with Crippen LogP contribution in [0.3, 0.4) is 0 Å². The number of hydrogen-bond donors (Lipinski definition) is 3. The molecule has 1 saturated carbocycles. The molecule has 0 aromatic heterocycles. The largest absolute Gasteiger partial charge is 0.328 e. The summed E-state index contributed by atoms with van der Waals surface area (Å²) >= 11 is 0. The van der Waals surface area contributed by atoms with Gasteiger partial charge in [-0.25, -0.2) is 0 Å². The zero-order chi connectivity index (χ0) is 16.1. The van der Waals surface area contributed by atoms with Crippen molar-refractivity contribution in [3.05, 3.63) is 23.8 Å². The summed E-state index contributed by atoms with van der Waals surface area (Å²) < 4.78 is 0. The van der Waals surface area contributed by atoms with E-state index < -0.39 is 0 Å². The highest BCUT2D eigenvalue weighted by molar-refractivity contribution is 5.96. The Hall–Kier alpha value is -1.88. The van der Waals surface area contributed by atoms with E-state index in [1.54, 1.807) is 0 Å². The maximum Gasteiger partial charge on any atom is 0.227 e. The minimum atomic E-state index is -0.00672. The Morgan fingerprint density at radius 2 is 1.91 bits per heavy atom. The fourth-order valence-corrected chi connectivity index (χ4v) is 2.84. The van der Waals surface area contributed by atoms with E-state index in [0.717, 1.165) is 42.6 Å². The summed E-state index contributed by atoms with van der Waals surface area (Å²) in [5, 5.41) is 5.86. The topological polar surface area (TPSA) is 84.2 Å². The molecule has 0 radical (unpaired) electrons. The predicted octanol–water partition coefficient (Wildman–Crippen LogP) is 2.80. The lowest BCUT2D eigenvalue weighted by Crippen LogP contribution is -2.23. The zero-order valence-corrected chi connectivity index (χ0v) is 13.3. The molecule has 0 spiro atoms. The number of benzene rings is 1. The first-order chi connectivity index (χ1) is 10.5. The molecule has 2 amide bonds. The first kappa shape index (κ1) is 16.5. The second kappa shape index (κ2) is 7.40. The Morgan fingerprint density at radius 3 is 2.50 bits per heavy atom. The number of carbonyl (C=O) groups is 2. The Balaban J connectivity index is 2.05. The summed E-state index contributed by atoms with van der Waals surface area (Å²) in [4.78, 5) is 24.0. The van der Waals surface area contributed by atoms with E-state index in [4.69, 9.17) is 5.73 Å². The molecule has 0 heterocycles. The Morgan fingerprint density at radius 1 is 1.23 bits per heavy atom. The Labute approximate surface area is 131 Å². The summed E-state index contributed by atoms with van der Waals surface area (Å²) in [6, 6.07) is 5.68. The highest BCUT2D eigenvalue weighted by atomic mass is 16.2. The number of amides is 2. The van der Waals surface area contributed by atoms with Gasteiger partial charge in [0.25, 0.3) is 0 Å². The van der Waals surface area contributed by atoms with Crippen molar-refractivity contribution in [1.82, 2.24) is 0 Å². The molecule has 1 aliphatic carbocycles. The van der Waals surface area contributed by atoms with Crippen LogP contribution in [-0.2, 0) is 9.59 Å². The van der Waals surface area contributed by atoms with Crippen LogP contribution in [0.2, 0.25) is 0 Å². The van der Waals surface area contributed by atoms with Crippen molar-refractivity contribution in [3.63, 3.8) is 0 Å². The third-order valence-corrected chi connectivity index (χ3v) is 4.19. The lowest BCUT2D eigenvalue weighted by molar-refractivity contribution is -0.119. The van der Waals surface area contributed by atoms with Crippen molar-refractivity contribution in [2.24, 2.45) is 11.7 Å². The van der Waals surface area contributed by atoms with Crippen molar-refractivity contribution in [3.8, 4) is 0 Å². The van der Waals surface area contributed by atoms with Crippen LogP contribution in [0.5, 0.6) is 0 Å². The van der Waals surface area contributed by atoms with E-state index in [1.807, 2.05) is 32.0 Å². The number of nitrogens with one attached hydrogen (secondary N) is 2. The molecule has 2 rings (SSSR count). The van der Waals surface area contributed by atoms with Gasteiger partial charge in [0.1, 0.15) is 0 Å². The van der Waals surface area contributed by atoms with Crippen LogP contribution >= 0.6 is 0 Å². The van der Waals surface area contributed by atoms with E-state index in [0.29, 0.717) is 6.42 Å². The third kappa shape index (κ3) is 4.07. The Kier molecular flexibility index (Phi) is 5.55. The monoisotopic (exact) mass is 303 g/mol. The zero-order valence-electron chi connectivity index (χ0n) is 13.3. The molecule has 5 heteroatoms. The van der Waals surface area contributed by atoms with Crippen LogP contribution in [0.1, 0.15) is 44.6 Å². The molecule has 2 unspecified atom stereocenters. The molecular formula is C17H25N3O2. The molecule has 0 aliphatic heterocycles. The predicted molar refractivity (Wildman–Crippen MR) is 88.7 cm³/mol. The minimum Gasteiger partial charge on any atom is -0.328 e. The SMILES string of the molecule is CCCC(=O)Nc1cccc(NC(=O)C2CCC(N)C2)c1C. The van der Waals surface area contributed by atoms with Crippen LogP contribution in [0.25, 0.3) is 0 Å². The van der Waals surface area contributed by atoms with Gasteiger partial charge in [-0.1, -0.05) is 13.0 Å². The molecule has 4 N–H and O–H groups in total. The van der Waals surface area contributed by atoms with Crippen molar-refractivity contribution < 1.29 is 9.59 Å². The molecule has 0 saturated heterocycles. The van der Waals surface area contributed by atoms with Crippen LogP contribution in [0.4, 0.5) is 11.4 Å². The summed E-state index contributed by atoms with van der Waals surface area (Å²) in [6.07, 6.45) is 3.81. The van der Waals surface area contributed by atoms with Gasteiger partial charge < -0.3 is 16.4 Å². The fourth-order valence-electron chi connectivity index (χ4n) is 2.84. The molecular weight excluding hydrogens is 278 g/mol. The number of anilines is 2. The number of nitrogens with two attached hydrogens (primary N) is 1. The molecule has 1 aromatic rings.